The topological polar surface area (TPSA) is 215 Å². The number of thioether (sulfide) groups is 1. The maximum absolute atomic E-state index is 14.4. The largest absolute Gasteiger partial charge is 0.501 e. The van der Waals surface area contributed by atoms with E-state index >= 15 is 0 Å². The van der Waals surface area contributed by atoms with Crippen LogP contribution < -0.4 is 25.6 Å². The van der Waals surface area contributed by atoms with Gasteiger partial charge in [0.25, 0.3) is 44.0 Å². The lowest BCUT2D eigenvalue weighted by molar-refractivity contribution is -0.136. The Bertz CT molecular complexity index is 3390. The second kappa shape index (κ2) is 26.7. The molecule has 0 bridgehead atoms. The molecule has 452 valence electrons. The average molecular weight is 1230 g/mol. The summed E-state index contributed by atoms with van der Waals surface area (Å²) in [4.78, 5) is 70.5. The van der Waals surface area contributed by atoms with Gasteiger partial charge < -0.3 is 20.4 Å². The molecule has 3 heterocycles. The minimum Gasteiger partial charge on any atom is -0.384 e. The number of halogens is 5. The quantitative estimate of drug-likeness (QED) is 0.0160. The van der Waals surface area contributed by atoms with Crippen molar-refractivity contribution < 1.29 is 62.8 Å². The average Bonchev–Trinajstić information content (AvgIpc) is 2.33. The van der Waals surface area contributed by atoms with E-state index in [0.717, 1.165) is 53.4 Å². The Morgan fingerprint density at radius 1 is 0.869 bits per heavy atom. The minimum absolute atomic E-state index is 0.00953. The molecule has 25 heteroatoms. The first-order chi connectivity index (χ1) is 39.7. The second-order valence-electron chi connectivity index (χ2n) is 22.4. The molecule has 2 atom stereocenters. The zero-order valence-corrected chi connectivity index (χ0v) is 49.4. The van der Waals surface area contributed by atoms with E-state index in [9.17, 15) is 62.8 Å². The summed E-state index contributed by atoms with van der Waals surface area (Å²) in [5.74, 6) is -3.37. The molecule has 5 amide bonds. The Morgan fingerprint density at radius 2 is 1.58 bits per heavy atom. The maximum atomic E-state index is 14.4. The second-order valence-corrected chi connectivity index (χ2v) is 27.1. The highest BCUT2D eigenvalue weighted by molar-refractivity contribution is 7.99. The monoisotopic (exact) mass is 1220 g/mol. The molecule has 0 spiro atoms. The van der Waals surface area contributed by atoms with Gasteiger partial charge in [0.2, 0.25) is 11.8 Å². The highest BCUT2D eigenvalue weighted by Gasteiger charge is 2.49. The Hall–Kier alpha value is -6.67. The summed E-state index contributed by atoms with van der Waals surface area (Å²) in [6, 6.07) is 20.4. The number of piperazine rings is 1. The van der Waals surface area contributed by atoms with Crippen molar-refractivity contribution in [2.24, 2.45) is 5.41 Å². The van der Waals surface area contributed by atoms with Gasteiger partial charge in [0, 0.05) is 79.3 Å². The fourth-order valence-corrected chi connectivity index (χ4v) is 13.8. The summed E-state index contributed by atoms with van der Waals surface area (Å²) >= 11 is 1.36. The van der Waals surface area contributed by atoms with E-state index in [2.05, 4.69) is 46.2 Å². The van der Waals surface area contributed by atoms with E-state index < -0.39 is 88.9 Å². The van der Waals surface area contributed by atoms with E-state index in [-0.39, 0.29) is 59.1 Å². The number of imide groups is 2. The summed E-state index contributed by atoms with van der Waals surface area (Å²) in [7, 11) is -9.34. The molecule has 4 aliphatic rings. The Labute approximate surface area is 490 Å². The molecule has 17 nitrogen and oxygen atoms in total. The molecule has 0 saturated carbocycles. The summed E-state index contributed by atoms with van der Waals surface area (Å²) in [5, 5.41) is 8.33. The number of carbonyl (C=O) groups excluding carboxylic acids is 5. The van der Waals surface area contributed by atoms with E-state index in [1.807, 2.05) is 47.0 Å². The Balaban J connectivity index is 0.891. The number of rotatable bonds is 25. The minimum atomic E-state index is -6.19. The van der Waals surface area contributed by atoms with Crippen LogP contribution in [-0.4, -0.2) is 150 Å². The van der Waals surface area contributed by atoms with Gasteiger partial charge in [-0.15, -0.1) is 11.8 Å². The molecule has 2 fully saturated rings. The molecule has 4 N–H and O–H groups in total. The van der Waals surface area contributed by atoms with E-state index in [4.69, 9.17) is 0 Å². The highest BCUT2D eigenvalue weighted by atomic mass is 32.2. The van der Waals surface area contributed by atoms with Crippen LogP contribution in [0.25, 0.3) is 0 Å². The van der Waals surface area contributed by atoms with Crippen LogP contribution in [0.5, 0.6) is 0 Å². The van der Waals surface area contributed by atoms with Gasteiger partial charge in [-0.1, -0.05) is 55.8 Å². The SMILES string of the molecule is C=C(CCC1=C(CN2CCN(c3ccc(C(=O)NS(=O)(=O)c4ccc(N[C@H](CCN(C)CCCNc5cccc6c5C(=O)N(C5CCC(=O)NC5=O)C6=O)CSc5ccccc5)c(S(=O)(=O)C(F)(F)F)c4)cc3)CC2)CCC(C)(C)C1)C(F)F. The summed E-state index contributed by atoms with van der Waals surface area (Å²) in [6.45, 7) is 12.5. The van der Waals surface area contributed by atoms with Crippen LogP contribution in [0, 0.1) is 5.41 Å². The zero-order valence-electron chi connectivity index (χ0n) is 46.9. The van der Waals surface area contributed by atoms with Gasteiger partial charge in [-0.2, -0.15) is 13.2 Å². The number of nitrogens with one attached hydrogen (secondary N) is 4. The number of sulfonamides is 1. The molecular formula is C59H69F5N8O9S3. The van der Waals surface area contributed by atoms with Gasteiger partial charge >= 0.3 is 5.51 Å². The first kappa shape index (κ1) is 63.4. The third-order valence-electron chi connectivity index (χ3n) is 15.6. The van der Waals surface area contributed by atoms with Gasteiger partial charge in [-0.25, -0.2) is 30.3 Å². The number of hydrogen-bond acceptors (Lipinski definition) is 15. The molecular weight excluding hydrogens is 1160 g/mol. The summed E-state index contributed by atoms with van der Waals surface area (Å²) < 4.78 is 126. The molecule has 3 aliphatic heterocycles. The van der Waals surface area contributed by atoms with Crippen LogP contribution in [0.15, 0.2) is 129 Å². The summed E-state index contributed by atoms with van der Waals surface area (Å²) in [5.41, 5.74) is -2.51. The first-order valence-corrected chi connectivity index (χ1v) is 31.6. The number of nitrogens with zero attached hydrogens (tertiary/aromatic N) is 4. The molecule has 84 heavy (non-hydrogen) atoms. The number of benzene rings is 4. The van der Waals surface area contributed by atoms with Crippen molar-refractivity contribution in [3.63, 3.8) is 0 Å². The number of allylic oxidation sites excluding steroid dienone is 2. The van der Waals surface area contributed by atoms with E-state index in [1.165, 1.54) is 41.1 Å². The first-order valence-electron chi connectivity index (χ1n) is 27.7. The van der Waals surface area contributed by atoms with Gasteiger partial charge in [-0.3, -0.25) is 39.1 Å². The maximum Gasteiger partial charge on any atom is 0.501 e. The van der Waals surface area contributed by atoms with Crippen LogP contribution in [-0.2, 0) is 29.4 Å². The lowest BCUT2D eigenvalue weighted by Gasteiger charge is -2.39. The van der Waals surface area contributed by atoms with Crippen molar-refractivity contribution in [1.82, 2.24) is 24.7 Å². The number of piperidine rings is 1. The van der Waals surface area contributed by atoms with Crippen LogP contribution in [0.1, 0.15) is 103 Å². The number of anilines is 3. The fraction of sp³-hybridized carbons (Fsp3) is 0.441. The van der Waals surface area contributed by atoms with Gasteiger partial charge in [-0.05, 0) is 149 Å². The van der Waals surface area contributed by atoms with E-state index in [1.54, 1.807) is 24.3 Å². The van der Waals surface area contributed by atoms with Crippen molar-refractivity contribution in [3.8, 4) is 0 Å². The molecule has 1 aliphatic carbocycles. The third-order valence-corrected chi connectivity index (χ3v) is 19.7. The lowest BCUT2D eigenvalue weighted by Crippen LogP contribution is -2.54. The van der Waals surface area contributed by atoms with Crippen molar-refractivity contribution in [1.29, 1.82) is 0 Å². The summed E-state index contributed by atoms with van der Waals surface area (Å²) in [6.07, 6.45) is 1.78. The third kappa shape index (κ3) is 15.4. The number of carbonyl (C=O) groups is 5. The van der Waals surface area contributed by atoms with E-state index in [0.29, 0.717) is 70.4 Å². The predicted octanol–water partition coefficient (Wildman–Crippen LogP) is 9.13. The number of hydrogen-bond donors (Lipinski definition) is 4. The van der Waals surface area contributed by atoms with Crippen LogP contribution in [0.4, 0.5) is 39.0 Å². The number of sulfone groups is 1. The van der Waals surface area contributed by atoms with Gasteiger partial charge in [0.15, 0.2) is 0 Å². The number of amides is 5. The number of fused-ring (bicyclic) bond motifs is 1. The van der Waals surface area contributed by atoms with Crippen molar-refractivity contribution in [2.75, 3.05) is 80.7 Å². The van der Waals surface area contributed by atoms with Crippen molar-refractivity contribution >= 4 is 78.2 Å². The molecule has 4 aromatic rings. The normalized spacial score (nSPS) is 18.3. The van der Waals surface area contributed by atoms with Crippen molar-refractivity contribution in [2.45, 2.75) is 110 Å². The molecule has 2 saturated heterocycles. The predicted molar refractivity (Wildman–Crippen MR) is 311 cm³/mol. The van der Waals surface area contributed by atoms with Crippen LogP contribution in [0.2, 0.25) is 0 Å². The molecule has 4 aromatic carbocycles. The Kier molecular flexibility index (Phi) is 20.1. The zero-order chi connectivity index (χ0) is 60.7. The van der Waals surface area contributed by atoms with Crippen LogP contribution in [0.3, 0.4) is 0 Å². The highest BCUT2D eigenvalue weighted by Crippen LogP contribution is 2.42. The fourth-order valence-electron chi connectivity index (χ4n) is 10.8. The van der Waals surface area contributed by atoms with Crippen molar-refractivity contribution in [3.05, 3.63) is 131 Å². The van der Waals surface area contributed by atoms with Gasteiger partial charge in [0.05, 0.1) is 21.7 Å². The molecule has 0 radical (unpaired) electrons. The standard InChI is InChI=1S/C59H69F5N8O9S3/c1-38(53(60)61)14-15-40-35-58(2,3)26-24-41(40)36-70-30-32-71(33-31-70)43-18-16-39(17-19-43)54(74)68-84(80,81)45-20-21-47(50(34-45)83(78,79)59(62,63)64)66-42(37-82-44-10-6-5-7-11-44)25-29-69(4)28-9-27-65-48-13-8-12-46-52(48)57(77)72(56(46)76)49-22-23-51(73)67-55(49)75/h5-8,10-13,16-21,34,42,49,53,65-66H,1,9,14-15,22-33,35-37H2,2-4H3,(H,68,74)(H,67,73,75)/t42-,49?/m1/s1. The lowest BCUT2D eigenvalue weighted by atomic mass is 9.73. The van der Waals surface area contributed by atoms with Gasteiger partial charge in [0.1, 0.15) is 10.9 Å². The van der Waals surface area contributed by atoms with Crippen LogP contribution >= 0.6 is 11.8 Å². The molecule has 8 rings (SSSR count). The molecule has 0 aromatic heterocycles. The smallest absolute Gasteiger partial charge is 0.384 e. The molecule has 1 unspecified atom stereocenters. The number of alkyl halides is 5. The Morgan fingerprint density at radius 3 is 2.26 bits per heavy atom.